The number of rotatable bonds is 8. The lowest BCUT2D eigenvalue weighted by Gasteiger charge is -2.16. The third-order valence-corrected chi connectivity index (χ3v) is 2.79. The van der Waals surface area contributed by atoms with Crippen LogP contribution in [0.25, 0.3) is 0 Å². The fourth-order valence-corrected chi connectivity index (χ4v) is 1.44. The lowest BCUT2D eigenvalue weighted by Crippen LogP contribution is -2.28. The summed E-state index contributed by atoms with van der Waals surface area (Å²) in [4.78, 5) is 34.3. The predicted molar refractivity (Wildman–Crippen MR) is 75.7 cm³/mol. The molecule has 0 fully saturated rings. The zero-order valence-electron chi connectivity index (χ0n) is 11.8. The van der Waals surface area contributed by atoms with Crippen LogP contribution in [0.1, 0.15) is 53.4 Å². The first-order valence-corrected chi connectivity index (χ1v) is 6.21. The van der Waals surface area contributed by atoms with Gasteiger partial charge in [-0.1, -0.05) is 20.8 Å². The van der Waals surface area contributed by atoms with Crippen molar-refractivity contribution in [2.24, 2.45) is 5.92 Å². The molecule has 0 saturated heterocycles. The van der Waals surface area contributed by atoms with Crippen LogP contribution in [0.2, 0.25) is 0 Å². The van der Waals surface area contributed by atoms with Crippen molar-refractivity contribution in [1.82, 2.24) is 0 Å². The fourth-order valence-electron chi connectivity index (χ4n) is 1.44. The first-order valence-electron chi connectivity index (χ1n) is 6.21. The Bertz CT molecular complexity index is 289. The van der Waals surface area contributed by atoms with E-state index in [1.165, 1.54) is 0 Å². The van der Waals surface area contributed by atoms with Gasteiger partial charge in [0.25, 0.3) is 0 Å². The molecule has 0 aliphatic carbocycles. The van der Waals surface area contributed by atoms with Crippen LogP contribution in [0.5, 0.6) is 0 Å². The van der Waals surface area contributed by atoms with Crippen LogP contribution in [-0.4, -0.2) is 23.6 Å². The van der Waals surface area contributed by atoms with Gasteiger partial charge in [0.15, 0.2) is 11.9 Å². The normalized spacial score (nSPS) is 13.1. The lowest BCUT2D eigenvalue weighted by molar-refractivity contribution is -0.159. The Kier molecular flexibility index (Phi) is 11.1. The van der Waals surface area contributed by atoms with Crippen LogP contribution in [0.15, 0.2) is 0 Å². The molecule has 0 aromatic heterocycles. The quantitative estimate of drug-likeness (QED) is 0.504. The molecule has 4 nitrogen and oxygen atoms in total. The van der Waals surface area contributed by atoms with Gasteiger partial charge in [0.1, 0.15) is 5.78 Å². The van der Waals surface area contributed by atoms with Gasteiger partial charge >= 0.3 is 5.97 Å². The number of ketones is 2. The maximum absolute atomic E-state index is 11.7. The van der Waals surface area contributed by atoms with E-state index >= 15 is 0 Å². The van der Waals surface area contributed by atoms with Gasteiger partial charge in [0.05, 0.1) is 5.92 Å². The molecule has 0 rings (SSSR count). The van der Waals surface area contributed by atoms with E-state index in [1.807, 2.05) is 6.92 Å². The average Bonchev–Trinajstić information content (AvgIpc) is 2.33. The SMILES string of the molecule is CCC(=O)C[C@@H](CC)C(=O)O[C@@H](C)C(=O)CC.P. The highest BCUT2D eigenvalue weighted by atomic mass is 31.0. The van der Waals surface area contributed by atoms with E-state index in [4.69, 9.17) is 4.74 Å². The monoisotopic (exact) mass is 276 g/mol. The maximum Gasteiger partial charge on any atom is 0.310 e. The van der Waals surface area contributed by atoms with Crippen molar-refractivity contribution in [3.05, 3.63) is 0 Å². The van der Waals surface area contributed by atoms with E-state index in [1.54, 1.807) is 20.8 Å². The van der Waals surface area contributed by atoms with Gasteiger partial charge in [-0.2, -0.15) is 9.90 Å². The summed E-state index contributed by atoms with van der Waals surface area (Å²) in [6, 6.07) is 0. The second-order valence-corrected chi connectivity index (χ2v) is 4.10. The summed E-state index contributed by atoms with van der Waals surface area (Å²) in [6.45, 7) is 6.90. The van der Waals surface area contributed by atoms with Gasteiger partial charge < -0.3 is 4.74 Å². The number of carbonyl (C=O) groups is 3. The fraction of sp³-hybridized carbons (Fsp3) is 0.769. The van der Waals surface area contributed by atoms with Crippen LogP contribution in [0.4, 0.5) is 0 Å². The number of Topliss-reactive ketones (excluding diaryl/α,β-unsaturated/α-hetero) is 2. The number of hydrogen-bond acceptors (Lipinski definition) is 4. The van der Waals surface area contributed by atoms with Gasteiger partial charge in [-0.15, -0.1) is 0 Å². The molecule has 0 aromatic carbocycles. The van der Waals surface area contributed by atoms with E-state index in [0.29, 0.717) is 19.3 Å². The van der Waals surface area contributed by atoms with Crippen LogP contribution < -0.4 is 0 Å². The van der Waals surface area contributed by atoms with E-state index in [2.05, 4.69) is 0 Å². The number of hydrogen-bond donors (Lipinski definition) is 0. The predicted octanol–water partition coefficient (Wildman–Crippen LogP) is 2.35. The largest absolute Gasteiger partial charge is 0.454 e. The molecule has 0 saturated carbocycles. The van der Waals surface area contributed by atoms with E-state index in [0.717, 1.165) is 0 Å². The summed E-state index contributed by atoms with van der Waals surface area (Å²) in [7, 11) is 0. The van der Waals surface area contributed by atoms with Crippen molar-refractivity contribution in [3.63, 3.8) is 0 Å². The molecule has 0 N–H and O–H groups in total. The van der Waals surface area contributed by atoms with Crippen molar-refractivity contribution in [1.29, 1.82) is 0 Å². The molecule has 5 heteroatoms. The van der Waals surface area contributed by atoms with E-state index in [-0.39, 0.29) is 27.9 Å². The summed E-state index contributed by atoms with van der Waals surface area (Å²) in [6.07, 6.45) is 0.821. The van der Waals surface area contributed by atoms with Crippen molar-refractivity contribution in [2.75, 3.05) is 0 Å². The molecule has 0 aliphatic rings. The molecule has 18 heavy (non-hydrogen) atoms. The molecule has 106 valence electrons. The second-order valence-electron chi connectivity index (χ2n) is 4.10. The zero-order chi connectivity index (χ0) is 13.4. The van der Waals surface area contributed by atoms with Gasteiger partial charge in [-0.3, -0.25) is 14.4 Å². The van der Waals surface area contributed by atoms with Crippen molar-refractivity contribution in [2.45, 2.75) is 59.5 Å². The third kappa shape index (κ3) is 6.85. The Morgan fingerprint density at radius 2 is 1.61 bits per heavy atom. The highest BCUT2D eigenvalue weighted by molar-refractivity contribution is 6.92. The van der Waals surface area contributed by atoms with Crippen LogP contribution in [0.3, 0.4) is 0 Å². The molecule has 3 atom stereocenters. The third-order valence-electron chi connectivity index (χ3n) is 2.79. The van der Waals surface area contributed by atoms with E-state index < -0.39 is 18.0 Å². The number of esters is 1. The Balaban J connectivity index is 0. The summed E-state index contributed by atoms with van der Waals surface area (Å²) in [5.74, 6) is -0.920. The highest BCUT2D eigenvalue weighted by Gasteiger charge is 2.24. The van der Waals surface area contributed by atoms with Crippen molar-refractivity contribution < 1.29 is 19.1 Å². The summed E-state index contributed by atoms with van der Waals surface area (Å²) < 4.78 is 5.06. The molecule has 0 heterocycles. The van der Waals surface area contributed by atoms with Crippen LogP contribution in [-0.2, 0) is 19.1 Å². The minimum atomic E-state index is -0.710. The van der Waals surface area contributed by atoms with Gasteiger partial charge in [0, 0.05) is 19.3 Å². The molecule has 0 spiro atoms. The second kappa shape index (κ2) is 10.2. The van der Waals surface area contributed by atoms with Gasteiger partial charge in [-0.05, 0) is 13.3 Å². The summed E-state index contributed by atoms with van der Waals surface area (Å²) in [5.41, 5.74) is 0. The zero-order valence-corrected chi connectivity index (χ0v) is 13.2. The molecular formula is C13H25O4P. The Labute approximate surface area is 112 Å². The molecule has 0 aliphatic heterocycles. The Morgan fingerprint density at radius 1 is 1.06 bits per heavy atom. The minimum absolute atomic E-state index is 0. The number of carbonyl (C=O) groups excluding carboxylic acids is 3. The van der Waals surface area contributed by atoms with Crippen molar-refractivity contribution >= 4 is 27.4 Å². The summed E-state index contributed by atoms with van der Waals surface area (Å²) in [5, 5.41) is 0. The molecule has 0 radical (unpaired) electrons. The van der Waals surface area contributed by atoms with Crippen molar-refractivity contribution in [3.8, 4) is 0 Å². The topological polar surface area (TPSA) is 60.4 Å². The highest BCUT2D eigenvalue weighted by Crippen LogP contribution is 2.14. The Hall–Kier alpha value is -0.760. The standard InChI is InChI=1S/C13H22O4.H3P/c1-5-10(8-11(14)6-2)13(16)17-9(4)12(15)7-3;/h9-10H,5-8H2,1-4H3;1H3/t9-,10+;/m0./s1. The minimum Gasteiger partial charge on any atom is -0.454 e. The maximum atomic E-state index is 11.7. The Morgan fingerprint density at radius 3 is 2.00 bits per heavy atom. The van der Waals surface area contributed by atoms with Gasteiger partial charge in [0.2, 0.25) is 0 Å². The summed E-state index contributed by atoms with van der Waals surface area (Å²) >= 11 is 0. The van der Waals surface area contributed by atoms with Crippen LogP contribution in [0, 0.1) is 5.92 Å². The molecular weight excluding hydrogens is 251 g/mol. The van der Waals surface area contributed by atoms with E-state index in [9.17, 15) is 14.4 Å². The average molecular weight is 276 g/mol. The molecule has 1 unspecified atom stereocenters. The molecule has 0 amide bonds. The number of ether oxygens (including phenoxy) is 1. The smallest absolute Gasteiger partial charge is 0.310 e. The lowest BCUT2D eigenvalue weighted by atomic mass is 9.98. The first-order chi connectivity index (χ1) is 7.96. The van der Waals surface area contributed by atoms with Gasteiger partial charge in [-0.25, -0.2) is 0 Å². The van der Waals surface area contributed by atoms with Crippen LogP contribution >= 0.6 is 9.90 Å². The first kappa shape index (κ1) is 19.6. The molecule has 0 bridgehead atoms. The molecule has 0 aromatic rings.